The molecule has 0 saturated heterocycles. The van der Waals surface area contributed by atoms with Crippen LogP contribution in [0.3, 0.4) is 0 Å². The summed E-state index contributed by atoms with van der Waals surface area (Å²) in [6.45, 7) is 6.05. The van der Waals surface area contributed by atoms with Gasteiger partial charge in [-0.3, -0.25) is 4.21 Å². The second-order valence-corrected chi connectivity index (χ2v) is 8.01. The fourth-order valence-electron chi connectivity index (χ4n) is 1.70. The van der Waals surface area contributed by atoms with E-state index in [1.165, 1.54) is 11.3 Å². The van der Waals surface area contributed by atoms with E-state index in [4.69, 9.17) is 5.73 Å². The van der Waals surface area contributed by atoms with Crippen LogP contribution in [-0.2, 0) is 22.0 Å². The fraction of sp³-hybridized carbons (Fsp3) is 0.357. The molecule has 0 spiro atoms. The Kier molecular flexibility index (Phi) is 4.43. The zero-order valence-corrected chi connectivity index (χ0v) is 13.6. The summed E-state index contributed by atoms with van der Waals surface area (Å²) in [5.41, 5.74) is 6.07. The van der Waals surface area contributed by atoms with E-state index in [0.29, 0.717) is 5.01 Å². The molecule has 7 heteroatoms. The lowest BCUT2D eigenvalue weighted by Gasteiger charge is -2.14. The lowest BCUT2D eigenvalue weighted by atomic mass is 9.93. The number of hydrogen-bond acceptors (Lipinski definition) is 4. The molecule has 0 amide bonds. The normalized spacial score (nSPS) is 13.4. The van der Waals surface area contributed by atoms with Crippen molar-refractivity contribution in [3.8, 4) is 0 Å². The van der Waals surface area contributed by atoms with Crippen molar-refractivity contribution in [3.63, 3.8) is 0 Å². The van der Waals surface area contributed by atoms with E-state index in [9.17, 15) is 13.0 Å². The maximum absolute atomic E-state index is 13.7. The molecule has 1 atom stereocenters. The molecular weight excluding hydrogens is 314 g/mol. The third-order valence-electron chi connectivity index (χ3n) is 2.82. The second kappa shape index (κ2) is 5.81. The minimum atomic E-state index is -1.84. The van der Waals surface area contributed by atoms with Crippen LogP contribution in [0.2, 0.25) is 0 Å². The first-order chi connectivity index (χ1) is 9.68. The smallest absolute Gasteiger partial charge is 0.144 e. The molecule has 0 aliphatic heterocycles. The Morgan fingerprint density at radius 2 is 1.86 bits per heavy atom. The number of anilines is 1. The number of nitrogen functional groups attached to an aromatic ring is 1. The van der Waals surface area contributed by atoms with Crippen LogP contribution in [0.5, 0.6) is 0 Å². The zero-order valence-electron chi connectivity index (χ0n) is 11.9. The summed E-state index contributed by atoms with van der Waals surface area (Å²) < 4.78 is 39.6. The maximum atomic E-state index is 13.7. The molecule has 114 valence electrons. The number of thiazole rings is 1. The van der Waals surface area contributed by atoms with Gasteiger partial charge >= 0.3 is 0 Å². The molecule has 1 unspecified atom stereocenters. The third-order valence-corrected chi connectivity index (χ3v) is 5.24. The van der Waals surface area contributed by atoms with Crippen molar-refractivity contribution in [2.75, 3.05) is 5.73 Å². The lowest BCUT2D eigenvalue weighted by molar-refractivity contribution is 0.535. The van der Waals surface area contributed by atoms with Crippen molar-refractivity contribution < 1.29 is 13.0 Å². The van der Waals surface area contributed by atoms with Crippen LogP contribution in [0, 0.1) is 11.6 Å². The monoisotopic (exact) mass is 330 g/mol. The summed E-state index contributed by atoms with van der Waals surface area (Å²) in [4.78, 5) is 3.93. The molecule has 2 rings (SSSR count). The van der Waals surface area contributed by atoms with Gasteiger partial charge < -0.3 is 5.73 Å². The Balaban J connectivity index is 2.25. The average molecular weight is 330 g/mol. The molecule has 3 nitrogen and oxygen atoms in total. The van der Waals surface area contributed by atoms with Crippen molar-refractivity contribution in [2.45, 2.75) is 36.8 Å². The molecule has 0 aliphatic rings. The number of benzene rings is 1. The van der Waals surface area contributed by atoms with Crippen molar-refractivity contribution in [1.82, 2.24) is 4.98 Å². The lowest BCUT2D eigenvalue weighted by Crippen LogP contribution is -2.11. The van der Waals surface area contributed by atoms with Gasteiger partial charge in [0.15, 0.2) is 0 Å². The number of halogens is 2. The Morgan fingerprint density at radius 1 is 1.29 bits per heavy atom. The van der Waals surface area contributed by atoms with Gasteiger partial charge in [0.25, 0.3) is 0 Å². The number of rotatable bonds is 3. The Bertz CT molecular complexity index is 670. The zero-order chi connectivity index (χ0) is 15.8. The molecule has 0 radical (unpaired) electrons. The number of nitrogens with two attached hydrogens (primary N) is 1. The van der Waals surface area contributed by atoms with Gasteiger partial charge in [0, 0.05) is 16.5 Å². The van der Waals surface area contributed by atoms with Crippen LogP contribution < -0.4 is 5.73 Å². The second-order valence-electron chi connectivity index (χ2n) is 5.68. The molecule has 1 aromatic heterocycles. The highest BCUT2D eigenvalue weighted by molar-refractivity contribution is 7.84. The third kappa shape index (κ3) is 3.65. The summed E-state index contributed by atoms with van der Waals surface area (Å²) in [5, 5.41) is 2.47. The van der Waals surface area contributed by atoms with Crippen molar-refractivity contribution >= 4 is 27.8 Å². The molecule has 0 bridgehead atoms. The van der Waals surface area contributed by atoms with E-state index in [2.05, 4.69) is 4.98 Å². The summed E-state index contributed by atoms with van der Waals surface area (Å²) in [6, 6.07) is 1.94. The quantitative estimate of drug-likeness (QED) is 0.875. The Labute approximate surface area is 128 Å². The topological polar surface area (TPSA) is 56.0 Å². The summed E-state index contributed by atoms with van der Waals surface area (Å²) in [7, 11) is -1.84. The van der Waals surface area contributed by atoms with Gasteiger partial charge in [-0.05, 0) is 12.1 Å². The predicted molar refractivity (Wildman–Crippen MR) is 81.7 cm³/mol. The highest BCUT2D eigenvalue weighted by Crippen LogP contribution is 2.27. The molecule has 1 heterocycles. The van der Waals surface area contributed by atoms with E-state index in [1.807, 2.05) is 26.2 Å². The minimum Gasteiger partial charge on any atom is -0.399 e. The first-order valence-corrected chi connectivity index (χ1v) is 8.46. The summed E-state index contributed by atoms with van der Waals surface area (Å²) >= 11 is 1.34. The first kappa shape index (κ1) is 16.0. The Morgan fingerprint density at radius 3 is 2.33 bits per heavy atom. The summed E-state index contributed by atoms with van der Waals surface area (Å²) in [5.74, 6) is -1.80. The summed E-state index contributed by atoms with van der Waals surface area (Å²) in [6.07, 6.45) is 0. The molecule has 0 saturated carbocycles. The largest absolute Gasteiger partial charge is 0.399 e. The van der Waals surface area contributed by atoms with E-state index >= 15 is 0 Å². The van der Waals surface area contributed by atoms with Gasteiger partial charge in [-0.25, -0.2) is 13.8 Å². The van der Waals surface area contributed by atoms with Crippen LogP contribution >= 0.6 is 11.3 Å². The van der Waals surface area contributed by atoms with Gasteiger partial charge in [0.2, 0.25) is 0 Å². The molecular formula is C14H16F2N2OS2. The predicted octanol–water partition coefficient (Wildman–Crippen LogP) is 3.61. The molecule has 0 aliphatic carbocycles. The minimum absolute atomic E-state index is 0.0154. The first-order valence-electron chi connectivity index (χ1n) is 6.26. The van der Waals surface area contributed by atoms with E-state index in [0.717, 1.165) is 17.8 Å². The SMILES string of the molecule is CC(C)(C)c1csc(CS(=O)c2c(F)cc(N)cc2F)n1. The molecule has 2 N–H and O–H groups in total. The van der Waals surface area contributed by atoms with Gasteiger partial charge in [-0.2, -0.15) is 0 Å². The van der Waals surface area contributed by atoms with Gasteiger partial charge in [0.1, 0.15) is 21.5 Å². The van der Waals surface area contributed by atoms with Crippen molar-refractivity contribution in [2.24, 2.45) is 0 Å². The molecule has 21 heavy (non-hydrogen) atoms. The molecule has 1 aromatic carbocycles. The van der Waals surface area contributed by atoms with Crippen LogP contribution in [0.25, 0.3) is 0 Å². The van der Waals surface area contributed by atoms with Crippen LogP contribution in [0.15, 0.2) is 22.4 Å². The number of aromatic nitrogens is 1. The van der Waals surface area contributed by atoms with E-state index < -0.39 is 27.3 Å². The highest BCUT2D eigenvalue weighted by Gasteiger charge is 2.21. The Hall–Kier alpha value is -1.34. The number of hydrogen-bond donors (Lipinski definition) is 1. The van der Waals surface area contributed by atoms with Crippen LogP contribution in [0.1, 0.15) is 31.5 Å². The van der Waals surface area contributed by atoms with Crippen molar-refractivity contribution in [1.29, 1.82) is 0 Å². The van der Waals surface area contributed by atoms with Crippen molar-refractivity contribution in [3.05, 3.63) is 39.8 Å². The van der Waals surface area contributed by atoms with Crippen LogP contribution in [0.4, 0.5) is 14.5 Å². The van der Waals surface area contributed by atoms with Crippen LogP contribution in [-0.4, -0.2) is 9.19 Å². The highest BCUT2D eigenvalue weighted by atomic mass is 32.2. The average Bonchev–Trinajstić information content (AvgIpc) is 2.75. The van der Waals surface area contributed by atoms with E-state index in [-0.39, 0.29) is 16.9 Å². The fourth-order valence-corrected chi connectivity index (χ4v) is 4.09. The standard InChI is InChI=1S/C14H16F2N2OS2/c1-14(2,3)11-6-20-12(18-11)7-21(19)13-9(15)4-8(17)5-10(13)16/h4-6H,7,17H2,1-3H3. The van der Waals surface area contributed by atoms with E-state index in [1.54, 1.807) is 0 Å². The number of nitrogens with zero attached hydrogens (tertiary/aromatic N) is 1. The molecule has 0 fully saturated rings. The maximum Gasteiger partial charge on any atom is 0.144 e. The van der Waals surface area contributed by atoms with Gasteiger partial charge in [-0.1, -0.05) is 20.8 Å². The van der Waals surface area contributed by atoms with Gasteiger partial charge in [0.05, 0.1) is 22.2 Å². The van der Waals surface area contributed by atoms with Gasteiger partial charge in [-0.15, -0.1) is 11.3 Å². The molecule has 2 aromatic rings.